The van der Waals surface area contributed by atoms with Gasteiger partial charge in [-0.1, -0.05) is 80.1 Å². The summed E-state index contributed by atoms with van der Waals surface area (Å²) >= 11 is 0. The second-order valence-corrected chi connectivity index (χ2v) is 5.91. The summed E-state index contributed by atoms with van der Waals surface area (Å²) in [5.41, 5.74) is 7.89. The predicted molar refractivity (Wildman–Crippen MR) is 101 cm³/mol. The van der Waals surface area contributed by atoms with Crippen molar-refractivity contribution < 1.29 is 0 Å². The van der Waals surface area contributed by atoms with Gasteiger partial charge in [-0.15, -0.1) is 5.73 Å². The number of rotatable bonds is 4. The van der Waals surface area contributed by atoms with Crippen LogP contribution in [-0.2, 0) is 0 Å². The lowest BCUT2D eigenvalue weighted by Crippen LogP contribution is -1.89. The minimum atomic E-state index is 0.445. The van der Waals surface area contributed by atoms with Gasteiger partial charge in [-0.05, 0) is 42.7 Å². The second-order valence-electron chi connectivity index (χ2n) is 5.91. The Morgan fingerprint density at radius 1 is 1.00 bits per heavy atom. The van der Waals surface area contributed by atoms with Crippen LogP contribution in [0, 0.1) is 24.7 Å². The zero-order chi connectivity index (χ0) is 16.5. The molecule has 0 aromatic heterocycles. The molecule has 2 aromatic carbocycles. The Morgan fingerprint density at radius 2 is 1.74 bits per heavy atom. The summed E-state index contributed by atoms with van der Waals surface area (Å²) in [4.78, 5) is 0. The van der Waals surface area contributed by atoms with Crippen LogP contribution in [0.15, 0.2) is 54.3 Å². The minimum Gasteiger partial charge on any atom is -0.120 e. The summed E-state index contributed by atoms with van der Waals surface area (Å²) < 4.78 is 0. The van der Waals surface area contributed by atoms with E-state index < -0.39 is 0 Å². The number of hydrogen-bond donors (Lipinski definition) is 0. The molecule has 0 heterocycles. The fraction of sp³-hybridized carbons (Fsp3) is 0.261. The maximum Gasteiger partial charge on any atom is 0.0323 e. The predicted octanol–water partition coefficient (Wildman–Crippen LogP) is 6.11. The molecule has 1 unspecified atom stereocenters. The standard InChI is InChI=1S/C23H24/c1-4-8-19(2)15-18-23-11-6-5-10-22(23)12-7-9-21-16-13-20(3)14-17-21/h5-6,9-14,16-17,19H,4,8H2,1-3H3. The Balaban J connectivity index is 2.20. The molecule has 0 fully saturated rings. The lowest BCUT2D eigenvalue weighted by Gasteiger charge is -2.00. The summed E-state index contributed by atoms with van der Waals surface area (Å²) in [5.74, 6) is 7.11. The molecule has 0 spiro atoms. The van der Waals surface area contributed by atoms with Crippen LogP contribution in [0.3, 0.4) is 0 Å². The van der Waals surface area contributed by atoms with Crippen LogP contribution < -0.4 is 0 Å². The molecule has 0 aliphatic heterocycles. The van der Waals surface area contributed by atoms with Crippen LogP contribution in [0.25, 0.3) is 12.2 Å². The first kappa shape index (κ1) is 16.9. The zero-order valence-corrected chi connectivity index (χ0v) is 14.3. The molecular weight excluding hydrogens is 276 g/mol. The summed E-state index contributed by atoms with van der Waals surface area (Å²) in [6.45, 7) is 6.48. The van der Waals surface area contributed by atoms with Crippen molar-refractivity contribution >= 4 is 12.2 Å². The molecule has 2 rings (SSSR count). The number of aryl methyl sites for hydroxylation is 1. The molecule has 0 saturated heterocycles. The van der Waals surface area contributed by atoms with Crippen LogP contribution >= 0.6 is 0 Å². The van der Waals surface area contributed by atoms with Crippen molar-refractivity contribution in [2.75, 3.05) is 0 Å². The summed E-state index contributed by atoms with van der Waals surface area (Å²) in [5, 5.41) is 0. The van der Waals surface area contributed by atoms with Crippen molar-refractivity contribution in [3.8, 4) is 11.8 Å². The summed E-state index contributed by atoms with van der Waals surface area (Å²) in [6, 6.07) is 16.7. The highest BCUT2D eigenvalue weighted by molar-refractivity contribution is 5.62. The lowest BCUT2D eigenvalue weighted by molar-refractivity contribution is 0.653. The lowest BCUT2D eigenvalue weighted by atomic mass is 10.0. The highest BCUT2D eigenvalue weighted by Gasteiger charge is 1.96. The molecule has 0 aliphatic rings. The van der Waals surface area contributed by atoms with Gasteiger partial charge in [0.1, 0.15) is 0 Å². The van der Waals surface area contributed by atoms with Crippen molar-refractivity contribution in [3.05, 3.63) is 76.5 Å². The van der Waals surface area contributed by atoms with Gasteiger partial charge in [-0.25, -0.2) is 0 Å². The maximum atomic E-state index is 3.35. The second kappa shape index (κ2) is 8.84. The van der Waals surface area contributed by atoms with Crippen LogP contribution in [0.2, 0.25) is 0 Å². The van der Waals surface area contributed by atoms with Gasteiger partial charge in [0.2, 0.25) is 0 Å². The normalized spacial score (nSPS) is 10.9. The third kappa shape index (κ3) is 5.67. The monoisotopic (exact) mass is 300 g/mol. The van der Waals surface area contributed by atoms with Gasteiger partial charge in [0, 0.05) is 11.5 Å². The van der Waals surface area contributed by atoms with Gasteiger partial charge >= 0.3 is 0 Å². The van der Waals surface area contributed by atoms with E-state index in [0.29, 0.717) is 5.92 Å². The fourth-order valence-corrected chi connectivity index (χ4v) is 2.33. The molecule has 116 valence electrons. The van der Waals surface area contributed by atoms with Crippen molar-refractivity contribution in [1.29, 1.82) is 0 Å². The Labute approximate surface area is 140 Å². The van der Waals surface area contributed by atoms with Gasteiger partial charge in [0.05, 0.1) is 0 Å². The Hall–Kier alpha value is -2.48. The highest BCUT2D eigenvalue weighted by Crippen LogP contribution is 2.11. The summed E-state index contributed by atoms with van der Waals surface area (Å²) in [7, 11) is 0. The Morgan fingerprint density at radius 3 is 2.48 bits per heavy atom. The van der Waals surface area contributed by atoms with E-state index in [1.54, 1.807) is 0 Å². The molecular formula is C23H24. The van der Waals surface area contributed by atoms with Crippen molar-refractivity contribution in [3.63, 3.8) is 0 Å². The fourth-order valence-electron chi connectivity index (χ4n) is 2.33. The molecule has 0 N–H and O–H groups in total. The summed E-state index contributed by atoms with van der Waals surface area (Å²) in [6.07, 6.45) is 6.34. The third-order valence-electron chi connectivity index (χ3n) is 3.70. The largest absolute Gasteiger partial charge is 0.120 e. The van der Waals surface area contributed by atoms with Gasteiger partial charge in [-0.3, -0.25) is 0 Å². The molecule has 0 nitrogen and oxygen atoms in total. The maximum absolute atomic E-state index is 3.35. The van der Waals surface area contributed by atoms with Crippen molar-refractivity contribution in [2.24, 2.45) is 5.92 Å². The highest BCUT2D eigenvalue weighted by atomic mass is 14.0. The topological polar surface area (TPSA) is 0 Å². The molecule has 2 aromatic rings. The van der Waals surface area contributed by atoms with Crippen LogP contribution in [0.5, 0.6) is 0 Å². The van der Waals surface area contributed by atoms with E-state index in [2.05, 4.69) is 74.7 Å². The molecule has 1 atom stereocenters. The van der Waals surface area contributed by atoms with E-state index >= 15 is 0 Å². The van der Waals surface area contributed by atoms with E-state index in [4.69, 9.17) is 0 Å². The van der Waals surface area contributed by atoms with E-state index in [1.165, 1.54) is 12.0 Å². The van der Waals surface area contributed by atoms with Gasteiger partial charge in [0.15, 0.2) is 0 Å². The molecule has 0 saturated carbocycles. The average molecular weight is 300 g/mol. The van der Waals surface area contributed by atoms with Gasteiger partial charge < -0.3 is 0 Å². The van der Waals surface area contributed by atoms with E-state index in [9.17, 15) is 0 Å². The number of hydrogen-bond acceptors (Lipinski definition) is 0. The third-order valence-corrected chi connectivity index (χ3v) is 3.70. The first-order valence-electron chi connectivity index (χ1n) is 8.28. The van der Waals surface area contributed by atoms with Crippen LogP contribution in [-0.4, -0.2) is 0 Å². The van der Waals surface area contributed by atoms with Gasteiger partial charge in [0.25, 0.3) is 0 Å². The first-order valence-corrected chi connectivity index (χ1v) is 8.28. The van der Waals surface area contributed by atoms with Gasteiger partial charge in [-0.2, -0.15) is 0 Å². The quantitative estimate of drug-likeness (QED) is 0.472. The molecule has 0 heteroatoms. The molecule has 0 bridgehead atoms. The Bertz CT molecular complexity index is 745. The smallest absolute Gasteiger partial charge is 0.0323 e. The SMILES string of the molecule is CCCC(C)C#Cc1ccccc1C=C=Cc1ccc(C)cc1. The van der Waals surface area contributed by atoms with Crippen LogP contribution in [0.4, 0.5) is 0 Å². The van der Waals surface area contributed by atoms with E-state index in [-0.39, 0.29) is 0 Å². The van der Waals surface area contributed by atoms with E-state index in [0.717, 1.165) is 23.1 Å². The van der Waals surface area contributed by atoms with Crippen LogP contribution in [0.1, 0.15) is 48.9 Å². The molecule has 0 aliphatic carbocycles. The van der Waals surface area contributed by atoms with Crippen molar-refractivity contribution in [1.82, 2.24) is 0 Å². The molecule has 0 radical (unpaired) electrons. The van der Waals surface area contributed by atoms with E-state index in [1.807, 2.05) is 24.3 Å². The minimum absolute atomic E-state index is 0.445. The first-order chi connectivity index (χ1) is 11.2. The average Bonchev–Trinajstić information content (AvgIpc) is 2.56. The Kier molecular flexibility index (Phi) is 6.49. The molecule has 23 heavy (non-hydrogen) atoms. The zero-order valence-electron chi connectivity index (χ0n) is 14.3. The number of benzene rings is 2. The van der Waals surface area contributed by atoms with Crippen molar-refractivity contribution in [2.45, 2.75) is 33.6 Å². The molecule has 0 amide bonds.